The van der Waals surface area contributed by atoms with Gasteiger partial charge in [0.1, 0.15) is 0 Å². The Hall–Kier alpha value is -2.29. The standard InChI is InChI=1S/C16H15N3/c1-2-4-13(17)14-9-8-12-7-6-11-5-3-10-18-15(11)16(12)19-14/h3,5-10,17H,2,4H2,1H3. The van der Waals surface area contributed by atoms with Gasteiger partial charge in [0.2, 0.25) is 0 Å². The van der Waals surface area contributed by atoms with E-state index in [0.717, 1.165) is 40.3 Å². The predicted molar refractivity (Wildman–Crippen MR) is 78.8 cm³/mol. The largest absolute Gasteiger partial charge is 0.303 e. The molecule has 19 heavy (non-hydrogen) atoms. The maximum absolute atomic E-state index is 8.03. The Morgan fingerprint density at radius 3 is 2.58 bits per heavy atom. The number of benzene rings is 1. The van der Waals surface area contributed by atoms with Crippen LogP contribution in [0, 0.1) is 5.41 Å². The second kappa shape index (κ2) is 4.76. The first-order valence-electron chi connectivity index (χ1n) is 6.52. The highest BCUT2D eigenvalue weighted by atomic mass is 14.8. The SMILES string of the molecule is CCCC(=N)c1ccc2ccc3cccnc3c2n1. The molecule has 3 rings (SSSR count). The van der Waals surface area contributed by atoms with Crippen LogP contribution in [-0.4, -0.2) is 15.7 Å². The fourth-order valence-corrected chi connectivity index (χ4v) is 2.27. The van der Waals surface area contributed by atoms with Crippen molar-refractivity contribution in [1.29, 1.82) is 5.41 Å². The molecule has 94 valence electrons. The molecule has 0 saturated carbocycles. The zero-order chi connectivity index (χ0) is 13.2. The number of hydrogen-bond donors (Lipinski definition) is 1. The van der Waals surface area contributed by atoms with Gasteiger partial charge in [0.25, 0.3) is 0 Å². The van der Waals surface area contributed by atoms with Gasteiger partial charge in [-0.3, -0.25) is 4.98 Å². The summed E-state index contributed by atoms with van der Waals surface area (Å²) in [6.07, 6.45) is 3.51. The molecule has 3 aromatic rings. The lowest BCUT2D eigenvalue weighted by Crippen LogP contribution is -2.01. The number of pyridine rings is 2. The van der Waals surface area contributed by atoms with Gasteiger partial charge in [-0.15, -0.1) is 0 Å². The Morgan fingerprint density at radius 1 is 1.05 bits per heavy atom. The van der Waals surface area contributed by atoms with Crippen LogP contribution in [0.1, 0.15) is 25.5 Å². The first kappa shape index (κ1) is 11.8. The summed E-state index contributed by atoms with van der Waals surface area (Å²) in [5.74, 6) is 0. The summed E-state index contributed by atoms with van der Waals surface area (Å²) in [7, 11) is 0. The number of nitrogens with one attached hydrogen (secondary N) is 1. The van der Waals surface area contributed by atoms with E-state index >= 15 is 0 Å². The molecule has 0 bridgehead atoms. The van der Waals surface area contributed by atoms with Crippen molar-refractivity contribution < 1.29 is 0 Å². The van der Waals surface area contributed by atoms with Gasteiger partial charge in [0.15, 0.2) is 0 Å². The maximum Gasteiger partial charge on any atom is 0.0972 e. The average molecular weight is 249 g/mol. The molecular weight excluding hydrogens is 234 g/mol. The van der Waals surface area contributed by atoms with E-state index in [1.54, 1.807) is 6.20 Å². The van der Waals surface area contributed by atoms with Crippen LogP contribution >= 0.6 is 0 Å². The minimum absolute atomic E-state index is 0.595. The molecule has 0 atom stereocenters. The van der Waals surface area contributed by atoms with Gasteiger partial charge < -0.3 is 5.41 Å². The van der Waals surface area contributed by atoms with E-state index in [2.05, 4.69) is 29.0 Å². The molecule has 0 fully saturated rings. The van der Waals surface area contributed by atoms with Crippen molar-refractivity contribution in [1.82, 2.24) is 9.97 Å². The summed E-state index contributed by atoms with van der Waals surface area (Å²) in [4.78, 5) is 9.06. The van der Waals surface area contributed by atoms with Crippen molar-refractivity contribution in [2.24, 2.45) is 0 Å². The minimum atomic E-state index is 0.595. The highest BCUT2D eigenvalue weighted by Gasteiger charge is 2.07. The molecule has 2 heterocycles. The van der Waals surface area contributed by atoms with Gasteiger partial charge in [-0.25, -0.2) is 4.98 Å². The van der Waals surface area contributed by atoms with Crippen LogP contribution in [0.3, 0.4) is 0 Å². The van der Waals surface area contributed by atoms with Crippen molar-refractivity contribution in [3.63, 3.8) is 0 Å². The van der Waals surface area contributed by atoms with E-state index in [0.29, 0.717) is 5.71 Å². The van der Waals surface area contributed by atoms with Crippen molar-refractivity contribution in [2.75, 3.05) is 0 Å². The van der Waals surface area contributed by atoms with Crippen LogP contribution in [0.2, 0.25) is 0 Å². The summed E-state index contributed by atoms with van der Waals surface area (Å²) >= 11 is 0. The minimum Gasteiger partial charge on any atom is -0.303 e. The van der Waals surface area contributed by atoms with Crippen molar-refractivity contribution in [3.05, 3.63) is 48.3 Å². The Labute approximate surface area is 111 Å². The maximum atomic E-state index is 8.03. The second-order valence-electron chi connectivity index (χ2n) is 4.64. The zero-order valence-corrected chi connectivity index (χ0v) is 10.9. The van der Waals surface area contributed by atoms with E-state index in [4.69, 9.17) is 5.41 Å². The van der Waals surface area contributed by atoms with Crippen LogP contribution in [-0.2, 0) is 0 Å². The fraction of sp³-hybridized carbons (Fsp3) is 0.188. The Bertz CT molecular complexity index is 762. The second-order valence-corrected chi connectivity index (χ2v) is 4.64. The molecule has 0 aliphatic heterocycles. The van der Waals surface area contributed by atoms with Gasteiger partial charge >= 0.3 is 0 Å². The molecule has 1 N–H and O–H groups in total. The lowest BCUT2D eigenvalue weighted by Gasteiger charge is -2.06. The fourth-order valence-electron chi connectivity index (χ4n) is 2.27. The molecular formula is C16H15N3. The molecule has 0 spiro atoms. The van der Waals surface area contributed by atoms with Crippen LogP contribution in [0.5, 0.6) is 0 Å². The summed E-state index contributed by atoms with van der Waals surface area (Å²) in [6.45, 7) is 2.08. The van der Waals surface area contributed by atoms with Crippen LogP contribution in [0.4, 0.5) is 0 Å². The molecule has 0 saturated heterocycles. The average Bonchev–Trinajstić information content (AvgIpc) is 2.47. The Balaban J connectivity index is 2.25. The summed E-state index contributed by atoms with van der Waals surface area (Å²) in [5, 5.41) is 10.2. The molecule has 0 amide bonds. The number of nitrogens with zero attached hydrogens (tertiary/aromatic N) is 2. The van der Waals surface area contributed by atoms with Gasteiger partial charge in [0, 0.05) is 17.0 Å². The van der Waals surface area contributed by atoms with Crippen LogP contribution in [0.25, 0.3) is 21.8 Å². The first-order valence-corrected chi connectivity index (χ1v) is 6.52. The molecule has 0 aliphatic carbocycles. The molecule has 0 unspecified atom stereocenters. The molecule has 2 aromatic heterocycles. The Kier molecular flexibility index (Phi) is 2.95. The third kappa shape index (κ3) is 2.08. The zero-order valence-electron chi connectivity index (χ0n) is 10.9. The molecule has 1 aromatic carbocycles. The van der Waals surface area contributed by atoms with E-state index in [-0.39, 0.29) is 0 Å². The molecule has 0 aliphatic rings. The third-order valence-corrected chi connectivity index (χ3v) is 3.24. The first-order chi connectivity index (χ1) is 9.29. The van der Waals surface area contributed by atoms with Crippen LogP contribution < -0.4 is 0 Å². The monoisotopic (exact) mass is 249 g/mol. The van der Waals surface area contributed by atoms with Crippen molar-refractivity contribution >= 4 is 27.5 Å². The van der Waals surface area contributed by atoms with Crippen molar-refractivity contribution in [3.8, 4) is 0 Å². The third-order valence-electron chi connectivity index (χ3n) is 3.24. The smallest absolute Gasteiger partial charge is 0.0972 e. The van der Waals surface area contributed by atoms with Crippen molar-refractivity contribution in [2.45, 2.75) is 19.8 Å². The van der Waals surface area contributed by atoms with E-state index in [9.17, 15) is 0 Å². The number of rotatable bonds is 3. The van der Waals surface area contributed by atoms with E-state index in [1.807, 2.05) is 24.3 Å². The van der Waals surface area contributed by atoms with E-state index < -0.39 is 0 Å². The number of hydrogen-bond acceptors (Lipinski definition) is 3. The van der Waals surface area contributed by atoms with Gasteiger partial charge in [-0.2, -0.15) is 0 Å². The number of fused-ring (bicyclic) bond motifs is 3. The summed E-state index contributed by atoms with van der Waals surface area (Å²) in [6, 6.07) is 12.0. The quantitative estimate of drug-likeness (QED) is 0.564. The number of aromatic nitrogens is 2. The molecule has 0 radical (unpaired) electrons. The molecule has 3 heteroatoms. The van der Waals surface area contributed by atoms with Crippen LogP contribution in [0.15, 0.2) is 42.6 Å². The highest BCUT2D eigenvalue weighted by molar-refractivity contribution is 6.05. The van der Waals surface area contributed by atoms with Gasteiger partial charge in [-0.05, 0) is 18.6 Å². The summed E-state index contributed by atoms with van der Waals surface area (Å²) in [5.41, 5.74) is 3.15. The highest BCUT2D eigenvalue weighted by Crippen LogP contribution is 2.22. The Morgan fingerprint density at radius 2 is 1.79 bits per heavy atom. The predicted octanol–water partition coefficient (Wildman–Crippen LogP) is 3.95. The molecule has 3 nitrogen and oxygen atoms in total. The lowest BCUT2D eigenvalue weighted by molar-refractivity contribution is 0.981. The summed E-state index contributed by atoms with van der Waals surface area (Å²) < 4.78 is 0. The topological polar surface area (TPSA) is 49.6 Å². The van der Waals surface area contributed by atoms with Gasteiger partial charge in [-0.1, -0.05) is 37.6 Å². The van der Waals surface area contributed by atoms with Gasteiger partial charge in [0.05, 0.1) is 22.4 Å². The lowest BCUT2D eigenvalue weighted by atomic mass is 10.1. The normalized spacial score (nSPS) is 11.0. The van der Waals surface area contributed by atoms with E-state index in [1.165, 1.54) is 0 Å².